The maximum absolute atomic E-state index is 5.36. The van der Waals surface area contributed by atoms with Crippen LogP contribution in [0.5, 0.6) is 0 Å². The summed E-state index contributed by atoms with van der Waals surface area (Å²) in [6.45, 7) is 9.44. The fourth-order valence-corrected chi connectivity index (χ4v) is 0.966. The molecule has 0 spiro atoms. The maximum Gasteiger partial charge on any atom is 0.0466 e. The van der Waals surface area contributed by atoms with Crippen molar-refractivity contribution in [1.82, 2.24) is 5.32 Å². The van der Waals surface area contributed by atoms with Gasteiger partial charge in [-0.25, -0.2) is 0 Å². The molecule has 0 aromatic heterocycles. The molecule has 0 aromatic carbocycles. The van der Waals surface area contributed by atoms with Gasteiger partial charge in [-0.1, -0.05) is 20.8 Å². The zero-order valence-corrected chi connectivity index (χ0v) is 8.73. The van der Waals surface area contributed by atoms with Gasteiger partial charge in [-0.3, -0.25) is 0 Å². The summed E-state index contributed by atoms with van der Waals surface area (Å²) in [5.41, 5.74) is 0. The smallest absolute Gasteiger partial charge is 0.0466 e. The maximum atomic E-state index is 5.36. The van der Waals surface area contributed by atoms with E-state index in [1.165, 1.54) is 12.8 Å². The minimum Gasteiger partial charge on any atom is -0.381 e. The molecule has 2 nitrogen and oxygen atoms in total. The largest absolute Gasteiger partial charge is 0.381 e. The number of rotatable bonds is 8. The molecule has 2 heteroatoms. The molecular formula is C10H23NO. The Morgan fingerprint density at radius 1 is 1.17 bits per heavy atom. The molecule has 0 saturated heterocycles. The van der Waals surface area contributed by atoms with Gasteiger partial charge in [0.05, 0.1) is 0 Å². The second-order valence-corrected chi connectivity index (χ2v) is 3.43. The molecule has 12 heavy (non-hydrogen) atoms. The van der Waals surface area contributed by atoms with Gasteiger partial charge >= 0.3 is 0 Å². The molecule has 0 aromatic rings. The molecular weight excluding hydrogens is 150 g/mol. The Morgan fingerprint density at radius 2 is 1.92 bits per heavy atom. The lowest BCUT2D eigenvalue weighted by Crippen LogP contribution is -2.23. The quantitative estimate of drug-likeness (QED) is 0.568. The van der Waals surface area contributed by atoms with Crippen molar-refractivity contribution in [2.24, 2.45) is 0 Å². The van der Waals surface area contributed by atoms with Crippen molar-refractivity contribution in [3.63, 3.8) is 0 Å². The Morgan fingerprint density at radius 3 is 2.50 bits per heavy atom. The van der Waals surface area contributed by atoms with E-state index in [1.807, 2.05) is 0 Å². The molecule has 0 heterocycles. The summed E-state index contributed by atoms with van der Waals surface area (Å²) in [6, 6.07) is 0.613. The molecule has 0 unspecified atom stereocenters. The fraction of sp³-hybridized carbons (Fsp3) is 1.00. The highest BCUT2D eigenvalue weighted by atomic mass is 16.5. The molecule has 0 aliphatic carbocycles. The summed E-state index contributed by atoms with van der Waals surface area (Å²) >= 11 is 0. The molecule has 0 aliphatic rings. The van der Waals surface area contributed by atoms with Gasteiger partial charge in [0, 0.05) is 19.3 Å². The first-order valence-electron chi connectivity index (χ1n) is 5.08. The lowest BCUT2D eigenvalue weighted by molar-refractivity contribution is 0.131. The minimum atomic E-state index is 0.613. The Labute approximate surface area is 76.7 Å². The molecule has 0 fully saturated rings. The minimum absolute atomic E-state index is 0.613. The van der Waals surface area contributed by atoms with E-state index >= 15 is 0 Å². The van der Waals surface area contributed by atoms with E-state index in [4.69, 9.17) is 4.74 Å². The number of unbranched alkanes of at least 4 members (excludes halogenated alkanes) is 1. The molecule has 1 N–H and O–H groups in total. The van der Waals surface area contributed by atoms with Crippen LogP contribution < -0.4 is 5.32 Å². The molecule has 0 saturated carbocycles. The molecule has 0 rings (SSSR count). The highest BCUT2D eigenvalue weighted by Gasteiger charge is 1.91. The lowest BCUT2D eigenvalue weighted by Gasteiger charge is -2.07. The summed E-state index contributed by atoms with van der Waals surface area (Å²) in [5.74, 6) is 0. The van der Waals surface area contributed by atoms with Crippen molar-refractivity contribution in [3.8, 4) is 0 Å². The van der Waals surface area contributed by atoms with Gasteiger partial charge in [-0.2, -0.15) is 0 Å². The summed E-state index contributed by atoms with van der Waals surface area (Å²) in [7, 11) is 0. The molecule has 0 radical (unpaired) electrons. The molecule has 0 aliphatic heterocycles. The SMILES string of the molecule is CCCOCCCCNC(C)C. The van der Waals surface area contributed by atoms with E-state index < -0.39 is 0 Å². The second kappa shape index (κ2) is 9.01. The summed E-state index contributed by atoms with van der Waals surface area (Å²) < 4.78 is 5.36. The van der Waals surface area contributed by atoms with Crippen LogP contribution in [0.25, 0.3) is 0 Å². The van der Waals surface area contributed by atoms with E-state index in [-0.39, 0.29) is 0 Å². The Kier molecular flexibility index (Phi) is 8.95. The third-order valence-electron chi connectivity index (χ3n) is 1.62. The van der Waals surface area contributed by atoms with Gasteiger partial charge < -0.3 is 10.1 Å². The van der Waals surface area contributed by atoms with Crippen LogP contribution in [-0.4, -0.2) is 25.8 Å². The van der Waals surface area contributed by atoms with Crippen LogP contribution in [0.2, 0.25) is 0 Å². The van der Waals surface area contributed by atoms with Gasteiger partial charge in [-0.15, -0.1) is 0 Å². The third-order valence-corrected chi connectivity index (χ3v) is 1.62. The Bertz CT molecular complexity index is 83.9. The van der Waals surface area contributed by atoms with Gasteiger partial charge in [0.15, 0.2) is 0 Å². The average molecular weight is 173 g/mol. The van der Waals surface area contributed by atoms with E-state index in [9.17, 15) is 0 Å². The standard InChI is InChI=1S/C10H23NO/c1-4-8-12-9-6-5-7-11-10(2)3/h10-11H,4-9H2,1-3H3. The number of hydrogen-bond acceptors (Lipinski definition) is 2. The van der Waals surface area contributed by atoms with E-state index in [2.05, 4.69) is 26.1 Å². The Balaban J connectivity index is 2.82. The second-order valence-electron chi connectivity index (χ2n) is 3.43. The Hall–Kier alpha value is -0.0800. The van der Waals surface area contributed by atoms with Gasteiger partial charge in [-0.05, 0) is 25.8 Å². The lowest BCUT2D eigenvalue weighted by atomic mass is 10.3. The van der Waals surface area contributed by atoms with E-state index in [1.54, 1.807) is 0 Å². The predicted octanol–water partition coefficient (Wildman–Crippen LogP) is 2.19. The van der Waals surface area contributed by atoms with Crippen LogP contribution in [0.15, 0.2) is 0 Å². The zero-order valence-electron chi connectivity index (χ0n) is 8.73. The summed E-state index contributed by atoms with van der Waals surface area (Å²) in [4.78, 5) is 0. The molecule has 74 valence electrons. The summed E-state index contributed by atoms with van der Waals surface area (Å²) in [5, 5.41) is 3.38. The van der Waals surface area contributed by atoms with Gasteiger partial charge in [0.25, 0.3) is 0 Å². The van der Waals surface area contributed by atoms with Gasteiger partial charge in [0.2, 0.25) is 0 Å². The van der Waals surface area contributed by atoms with Crippen LogP contribution in [0.1, 0.15) is 40.0 Å². The highest BCUT2D eigenvalue weighted by Crippen LogP contribution is 1.90. The summed E-state index contributed by atoms with van der Waals surface area (Å²) in [6.07, 6.45) is 3.53. The van der Waals surface area contributed by atoms with Crippen molar-refractivity contribution in [2.45, 2.75) is 46.1 Å². The number of nitrogens with one attached hydrogen (secondary N) is 1. The first-order chi connectivity index (χ1) is 5.77. The van der Waals surface area contributed by atoms with Crippen molar-refractivity contribution in [2.75, 3.05) is 19.8 Å². The monoisotopic (exact) mass is 173 g/mol. The van der Waals surface area contributed by atoms with Crippen LogP contribution in [-0.2, 0) is 4.74 Å². The highest BCUT2D eigenvalue weighted by molar-refractivity contribution is 4.52. The van der Waals surface area contributed by atoms with Crippen molar-refractivity contribution >= 4 is 0 Å². The zero-order chi connectivity index (χ0) is 9.23. The normalized spacial score (nSPS) is 11.0. The number of hydrogen-bond donors (Lipinski definition) is 1. The van der Waals surface area contributed by atoms with E-state index in [0.717, 1.165) is 26.2 Å². The van der Waals surface area contributed by atoms with Crippen LogP contribution in [0.3, 0.4) is 0 Å². The van der Waals surface area contributed by atoms with Crippen LogP contribution in [0, 0.1) is 0 Å². The third kappa shape index (κ3) is 9.92. The van der Waals surface area contributed by atoms with Crippen molar-refractivity contribution in [1.29, 1.82) is 0 Å². The van der Waals surface area contributed by atoms with Crippen LogP contribution >= 0.6 is 0 Å². The predicted molar refractivity (Wildman–Crippen MR) is 53.5 cm³/mol. The van der Waals surface area contributed by atoms with Crippen molar-refractivity contribution < 1.29 is 4.74 Å². The first kappa shape index (κ1) is 11.9. The average Bonchev–Trinajstić information content (AvgIpc) is 2.02. The number of ether oxygens (including phenoxy) is 1. The fourth-order valence-electron chi connectivity index (χ4n) is 0.966. The topological polar surface area (TPSA) is 21.3 Å². The molecule has 0 bridgehead atoms. The molecule has 0 amide bonds. The van der Waals surface area contributed by atoms with Crippen LogP contribution in [0.4, 0.5) is 0 Å². The van der Waals surface area contributed by atoms with E-state index in [0.29, 0.717) is 6.04 Å². The first-order valence-corrected chi connectivity index (χ1v) is 5.08. The van der Waals surface area contributed by atoms with Crippen molar-refractivity contribution in [3.05, 3.63) is 0 Å². The van der Waals surface area contributed by atoms with Gasteiger partial charge in [0.1, 0.15) is 0 Å². The molecule has 0 atom stereocenters.